The monoisotopic (exact) mass is 242 g/mol. The number of nitrogens with one attached hydrogen (secondary N) is 1. The highest BCUT2D eigenvalue weighted by Gasteiger charge is 2.17. The lowest BCUT2D eigenvalue weighted by Crippen LogP contribution is -2.43. The average Bonchev–Trinajstić information content (AvgIpc) is 2.28. The van der Waals surface area contributed by atoms with Crippen LogP contribution in [0.3, 0.4) is 0 Å². The highest BCUT2D eigenvalue weighted by atomic mass is 35.5. The van der Waals surface area contributed by atoms with Gasteiger partial charge in [0.25, 0.3) is 0 Å². The van der Waals surface area contributed by atoms with Gasteiger partial charge in [-0.2, -0.15) is 0 Å². The number of likely N-dealkylation sites (N-methyl/N-ethyl adjacent to an activating group) is 1. The predicted molar refractivity (Wildman–Crippen MR) is 62.8 cm³/mol. The predicted octanol–water partition coefficient (Wildman–Crippen LogP) is 0.872. The lowest BCUT2D eigenvalue weighted by Gasteiger charge is -2.30. The summed E-state index contributed by atoms with van der Waals surface area (Å²) in [6, 6.07) is 3.52. The number of anilines is 1. The minimum atomic E-state index is 0.205. The minimum Gasteiger partial charge on any atom is -0.374 e. The van der Waals surface area contributed by atoms with Gasteiger partial charge in [0, 0.05) is 19.6 Å². The molecule has 0 aromatic carbocycles. The molecule has 0 saturated carbocycles. The Labute approximate surface area is 99.7 Å². The van der Waals surface area contributed by atoms with Crippen LogP contribution in [-0.2, 0) is 4.74 Å². The minimum absolute atomic E-state index is 0.205. The molecule has 6 heteroatoms. The van der Waals surface area contributed by atoms with Crippen molar-refractivity contribution in [1.82, 2.24) is 15.1 Å². The van der Waals surface area contributed by atoms with Crippen molar-refractivity contribution in [3.8, 4) is 0 Å². The van der Waals surface area contributed by atoms with Gasteiger partial charge < -0.3 is 15.0 Å². The van der Waals surface area contributed by atoms with E-state index in [0.29, 0.717) is 5.15 Å². The first kappa shape index (κ1) is 11.6. The van der Waals surface area contributed by atoms with E-state index in [0.717, 1.165) is 32.1 Å². The number of nitrogens with zero attached hydrogens (tertiary/aromatic N) is 3. The summed E-state index contributed by atoms with van der Waals surface area (Å²) in [4.78, 5) is 2.25. The highest BCUT2D eigenvalue weighted by molar-refractivity contribution is 6.29. The van der Waals surface area contributed by atoms with E-state index in [4.69, 9.17) is 16.3 Å². The van der Waals surface area contributed by atoms with Crippen molar-refractivity contribution in [2.24, 2.45) is 0 Å². The van der Waals surface area contributed by atoms with E-state index in [1.54, 1.807) is 6.07 Å². The van der Waals surface area contributed by atoms with Crippen LogP contribution in [0.1, 0.15) is 0 Å². The maximum atomic E-state index is 5.65. The number of halogens is 1. The smallest absolute Gasteiger partial charge is 0.151 e. The Bertz CT molecular complexity index is 332. The number of ether oxygens (including phenoxy) is 1. The molecule has 1 aliphatic rings. The van der Waals surface area contributed by atoms with E-state index in [-0.39, 0.29) is 6.10 Å². The Kier molecular flexibility index (Phi) is 3.93. The molecule has 88 valence electrons. The molecule has 2 heterocycles. The summed E-state index contributed by atoms with van der Waals surface area (Å²) in [5.74, 6) is 0.723. The topological polar surface area (TPSA) is 50.3 Å². The van der Waals surface area contributed by atoms with E-state index in [1.165, 1.54) is 0 Å². The number of hydrogen-bond acceptors (Lipinski definition) is 5. The van der Waals surface area contributed by atoms with Gasteiger partial charge in [-0.15, -0.1) is 10.2 Å². The van der Waals surface area contributed by atoms with E-state index in [2.05, 4.69) is 27.5 Å². The summed E-state index contributed by atoms with van der Waals surface area (Å²) < 4.78 is 5.62. The van der Waals surface area contributed by atoms with Crippen molar-refractivity contribution >= 4 is 17.4 Å². The van der Waals surface area contributed by atoms with Gasteiger partial charge >= 0.3 is 0 Å². The molecule has 16 heavy (non-hydrogen) atoms. The zero-order chi connectivity index (χ0) is 11.4. The van der Waals surface area contributed by atoms with Gasteiger partial charge in [-0.25, -0.2) is 0 Å². The van der Waals surface area contributed by atoms with Gasteiger partial charge in [0.05, 0.1) is 12.7 Å². The normalized spacial score (nSPS) is 22.0. The van der Waals surface area contributed by atoms with E-state index < -0.39 is 0 Å². The molecule has 5 nitrogen and oxygen atoms in total. The zero-order valence-corrected chi connectivity index (χ0v) is 9.94. The fraction of sp³-hybridized carbons (Fsp3) is 0.600. The summed E-state index contributed by atoms with van der Waals surface area (Å²) in [5.41, 5.74) is 0. The molecule has 2 rings (SSSR count). The Balaban J connectivity index is 1.80. The lowest BCUT2D eigenvalue weighted by atomic mass is 10.3. The summed E-state index contributed by atoms with van der Waals surface area (Å²) in [6.45, 7) is 3.46. The maximum Gasteiger partial charge on any atom is 0.151 e. The van der Waals surface area contributed by atoms with E-state index in [9.17, 15) is 0 Å². The highest BCUT2D eigenvalue weighted by Crippen LogP contribution is 2.08. The fourth-order valence-electron chi connectivity index (χ4n) is 1.62. The maximum absolute atomic E-state index is 5.65. The van der Waals surface area contributed by atoms with Crippen LogP contribution in [0.25, 0.3) is 0 Å². The van der Waals surface area contributed by atoms with Crippen molar-refractivity contribution in [2.45, 2.75) is 6.10 Å². The van der Waals surface area contributed by atoms with Crippen molar-refractivity contribution in [1.29, 1.82) is 0 Å². The Hall–Kier alpha value is -0.910. The Morgan fingerprint density at radius 2 is 2.44 bits per heavy atom. The van der Waals surface area contributed by atoms with Gasteiger partial charge in [-0.3, -0.25) is 0 Å². The molecule has 1 unspecified atom stereocenters. The van der Waals surface area contributed by atoms with Gasteiger partial charge in [0.2, 0.25) is 0 Å². The second-order valence-corrected chi connectivity index (χ2v) is 4.26. The second-order valence-electron chi connectivity index (χ2n) is 3.88. The Morgan fingerprint density at radius 1 is 1.56 bits per heavy atom. The number of aromatic nitrogens is 2. The van der Waals surface area contributed by atoms with E-state index >= 15 is 0 Å². The molecule has 1 fully saturated rings. The molecule has 1 N–H and O–H groups in total. The summed E-state index contributed by atoms with van der Waals surface area (Å²) >= 11 is 5.65. The molecular weight excluding hydrogens is 228 g/mol. The van der Waals surface area contributed by atoms with Crippen molar-refractivity contribution in [3.63, 3.8) is 0 Å². The molecule has 1 atom stereocenters. The summed E-state index contributed by atoms with van der Waals surface area (Å²) in [6.07, 6.45) is 0.205. The average molecular weight is 243 g/mol. The molecular formula is C10H15ClN4O. The third kappa shape index (κ3) is 3.30. The second kappa shape index (κ2) is 5.43. The van der Waals surface area contributed by atoms with Gasteiger partial charge in [0.15, 0.2) is 5.15 Å². The zero-order valence-electron chi connectivity index (χ0n) is 9.19. The quantitative estimate of drug-likeness (QED) is 0.853. The van der Waals surface area contributed by atoms with Crippen LogP contribution >= 0.6 is 11.6 Å². The molecule has 0 amide bonds. The third-order valence-electron chi connectivity index (χ3n) is 2.48. The molecule has 1 aromatic heterocycles. The van der Waals surface area contributed by atoms with Crippen LogP contribution in [0, 0.1) is 0 Å². The first-order valence-corrected chi connectivity index (χ1v) is 5.65. The molecule has 0 bridgehead atoms. The summed E-state index contributed by atoms with van der Waals surface area (Å²) in [5, 5.41) is 11.3. The van der Waals surface area contributed by atoms with Crippen LogP contribution in [-0.4, -0.2) is 54.5 Å². The van der Waals surface area contributed by atoms with Crippen LogP contribution in [0.5, 0.6) is 0 Å². The van der Waals surface area contributed by atoms with Gasteiger partial charge in [-0.1, -0.05) is 11.6 Å². The molecule has 0 aliphatic carbocycles. The first-order valence-electron chi connectivity index (χ1n) is 5.27. The van der Waals surface area contributed by atoms with Crippen molar-refractivity contribution in [2.75, 3.05) is 38.6 Å². The summed E-state index contributed by atoms with van der Waals surface area (Å²) in [7, 11) is 2.09. The third-order valence-corrected chi connectivity index (χ3v) is 2.69. The van der Waals surface area contributed by atoms with Gasteiger partial charge in [-0.05, 0) is 19.2 Å². The standard InChI is InChI=1S/C10H15ClN4O/c1-15-4-5-16-8(7-15)6-12-10-3-2-9(11)13-14-10/h2-3,8H,4-7H2,1H3,(H,12,14). The van der Waals surface area contributed by atoms with Crippen molar-refractivity contribution in [3.05, 3.63) is 17.3 Å². The van der Waals surface area contributed by atoms with Crippen LogP contribution < -0.4 is 5.32 Å². The molecule has 0 spiro atoms. The van der Waals surface area contributed by atoms with Crippen LogP contribution in [0.4, 0.5) is 5.82 Å². The number of morpholine rings is 1. The fourth-order valence-corrected chi connectivity index (χ4v) is 1.72. The molecule has 1 aromatic rings. The number of hydrogen-bond donors (Lipinski definition) is 1. The largest absolute Gasteiger partial charge is 0.374 e. The first-order chi connectivity index (χ1) is 7.74. The molecule has 1 saturated heterocycles. The van der Waals surface area contributed by atoms with Crippen LogP contribution in [0.15, 0.2) is 12.1 Å². The van der Waals surface area contributed by atoms with Crippen LogP contribution in [0.2, 0.25) is 5.15 Å². The molecule has 0 radical (unpaired) electrons. The lowest BCUT2D eigenvalue weighted by molar-refractivity contribution is -0.0117. The van der Waals surface area contributed by atoms with Crippen molar-refractivity contribution < 1.29 is 4.74 Å². The number of rotatable bonds is 3. The van der Waals surface area contributed by atoms with E-state index in [1.807, 2.05) is 6.07 Å². The Morgan fingerprint density at radius 3 is 3.12 bits per heavy atom. The van der Waals surface area contributed by atoms with Gasteiger partial charge in [0.1, 0.15) is 5.82 Å². The SMILES string of the molecule is CN1CCOC(CNc2ccc(Cl)nn2)C1. The molecule has 1 aliphatic heterocycles.